The van der Waals surface area contributed by atoms with Gasteiger partial charge in [-0.05, 0) is 23.2 Å². The molecule has 0 amide bonds. The van der Waals surface area contributed by atoms with Crippen LogP contribution >= 0.6 is 0 Å². The van der Waals surface area contributed by atoms with Gasteiger partial charge >= 0.3 is 21.1 Å². The summed E-state index contributed by atoms with van der Waals surface area (Å²) in [6.45, 7) is 0. The zero-order valence-corrected chi connectivity index (χ0v) is 21.2. The van der Waals surface area contributed by atoms with Gasteiger partial charge in [0.15, 0.2) is 0 Å². The van der Waals surface area contributed by atoms with Crippen LogP contribution in [0.25, 0.3) is 44.3 Å². The van der Waals surface area contributed by atoms with Crippen molar-refractivity contribution in [3.8, 4) is 28.4 Å². The Balaban J connectivity index is 0.00000240. The molecule has 0 saturated carbocycles. The Kier molecular flexibility index (Phi) is 5.63. The predicted octanol–water partition coefficient (Wildman–Crippen LogP) is 6.88. The fourth-order valence-electron chi connectivity index (χ4n) is 4.49. The summed E-state index contributed by atoms with van der Waals surface area (Å²) in [5.74, 6) is 1.20. The molecule has 4 aromatic carbocycles. The van der Waals surface area contributed by atoms with Crippen molar-refractivity contribution in [3.63, 3.8) is 0 Å². The van der Waals surface area contributed by atoms with Gasteiger partial charge in [-0.25, -0.2) is 0 Å². The first kappa shape index (κ1) is 22.3. The number of benzene rings is 4. The van der Waals surface area contributed by atoms with E-state index in [-0.39, 0.29) is 21.1 Å². The van der Waals surface area contributed by atoms with Crippen LogP contribution in [-0.2, 0) is 21.1 Å². The Morgan fingerprint density at radius 1 is 0.722 bits per heavy atom. The zero-order chi connectivity index (χ0) is 23.2. The normalized spacial score (nSPS) is 11.1. The first-order valence-corrected chi connectivity index (χ1v) is 11.3. The standard InChI is InChI=1S/C30H18N4O.Pt/c1-2-8-21(9-3-1)28-20-33-29-13-5-4-12-26(29)25-15-14-24(19-27(25)30(33)32-28)35-23-11-6-10-22(18-23)34-17-7-16-31-34;/h1-17,20H;/q-2;+2. The van der Waals surface area contributed by atoms with E-state index in [1.54, 1.807) is 10.9 Å². The van der Waals surface area contributed by atoms with Gasteiger partial charge in [0.05, 0.1) is 11.3 Å². The van der Waals surface area contributed by atoms with E-state index in [1.807, 2.05) is 54.7 Å². The van der Waals surface area contributed by atoms with Gasteiger partial charge in [-0.15, -0.1) is 30.3 Å². The van der Waals surface area contributed by atoms with Crippen LogP contribution in [0.3, 0.4) is 0 Å². The molecule has 0 fully saturated rings. The third kappa shape index (κ3) is 3.78. The average molecular weight is 646 g/mol. The molecular formula is C30H18N4OPt. The Morgan fingerprint density at radius 2 is 1.56 bits per heavy atom. The molecule has 3 heterocycles. The number of rotatable bonds is 4. The number of fused-ring (bicyclic) bond motifs is 6. The van der Waals surface area contributed by atoms with Crippen LogP contribution in [0.1, 0.15) is 0 Å². The molecule has 6 heteroatoms. The van der Waals surface area contributed by atoms with E-state index < -0.39 is 0 Å². The van der Waals surface area contributed by atoms with Crippen molar-refractivity contribution in [2.75, 3.05) is 0 Å². The molecule has 7 aromatic rings. The van der Waals surface area contributed by atoms with E-state index in [0.717, 1.165) is 44.3 Å². The predicted molar refractivity (Wildman–Crippen MR) is 137 cm³/mol. The number of aromatic nitrogens is 4. The van der Waals surface area contributed by atoms with E-state index >= 15 is 0 Å². The van der Waals surface area contributed by atoms with Gasteiger partial charge in [-0.3, -0.25) is 9.67 Å². The van der Waals surface area contributed by atoms with Crippen LogP contribution in [0.4, 0.5) is 0 Å². The second kappa shape index (κ2) is 9.10. The quantitative estimate of drug-likeness (QED) is 0.155. The van der Waals surface area contributed by atoms with Gasteiger partial charge in [-0.1, -0.05) is 65.4 Å². The maximum absolute atomic E-state index is 6.19. The third-order valence-electron chi connectivity index (χ3n) is 6.10. The van der Waals surface area contributed by atoms with E-state index in [1.165, 1.54) is 0 Å². The van der Waals surface area contributed by atoms with E-state index in [2.05, 4.69) is 70.3 Å². The van der Waals surface area contributed by atoms with Crippen molar-refractivity contribution in [3.05, 3.63) is 122 Å². The van der Waals surface area contributed by atoms with Crippen molar-refractivity contribution < 1.29 is 25.8 Å². The van der Waals surface area contributed by atoms with Crippen LogP contribution in [0.2, 0.25) is 0 Å². The second-order valence-corrected chi connectivity index (χ2v) is 8.27. The minimum absolute atomic E-state index is 0. The van der Waals surface area contributed by atoms with Crippen LogP contribution in [0.15, 0.2) is 110 Å². The summed E-state index contributed by atoms with van der Waals surface area (Å²) in [5.41, 5.74) is 4.75. The molecule has 0 saturated heterocycles. The molecule has 0 radical (unpaired) electrons. The maximum Gasteiger partial charge on any atom is 2.00 e. The third-order valence-corrected chi connectivity index (χ3v) is 6.10. The zero-order valence-electron chi connectivity index (χ0n) is 18.9. The largest absolute Gasteiger partial charge is 2.00 e. The summed E-state index contributed by atoms with van der Waals surface area (Å²) in [6.07, 6.45) is 5.71. The van der Waals surface area contributed by atoms with Crippen molar-refractivity contribution >= 4 is 27.3 Å². The second-order valence-electron chi connectivity index (χ2n) is 8.27. The van der Waals surface area contributed by atoms with Gasteiger partial charge in [0.25, 0.3) is 0 Å². The van der Waals surface area contributed by atoms with Crippen molar-refractivity contribution in [1.82, 2.24) is 19.2 Å². The summed E-state index contributed by atoms with van der Waals surface area (Å²) >= 11 is 0. The number of para-hydroxylation sites is 1. The van der Waals surface area contributed by atoms with Crippen molar-refractivity contribution in [2.45, 2.75) is 0 Å². The molecule has 0 spiro atoms. The SMILES string of the molecule is [Pt+2].[c-]1c(Oc2[c-]c3c(cc2)c2ccccc2n2cc(-c4ccccc4)nc32)cccc1-n1cccn1. The Bertz CT molecular complexity index is 1830. The Hall–Kier alpha value is -4.21. The molecule has 0 aliphatic rings. The molecule has 7 rings (SSSR count). The van der Waals surface area contributed by atoms with Crippen molar-refractivity contribution in [2.24, 2.45) is 0 Å². The summed E-state index contributed by atoms with van der Waals surface area (Å²) in [6, 6.07) is 37.0. The van der Waals surface area contributed by atoms with E-state index in [9.17, 15) is 0 Å². The van der Waals surface area contributed by atoms with Crippen LogP contribution < -0.4 is 4.74 Å². The first-order valence-electron chi connectivity index (χ1n) is 11.3. The summed E-state index contributed by atoms with van der Waals surface area (Å²) in [4.78, 5) is 5.01. The average Bonchev–Trinajstić information content (AvgIpc) is 3.61. The van der Waals surface area contributed by atoms with Gasteiger partial charge < -0.3 is 9.14 Å². The van der Waals surface area contributed by atoms with Gasteiger partial charge in [0.2, 0.25) is 0 Å². The number of ether oxygens (including phenoxy) is 1. The number of hydrogen-bond acceptors (Lipinski definition) is 3. The van der Waals surface area contributed by atoms with E-state index in [0.29, 0.717) is 11.5 Å². The number of imidazole rings is 1. The minimum atomic E-state index is 0. The fourth-order valence-corrected chi connectivity index (χ4v) is 4.49. The molecule has 0 N–H and O–H groups in total. The molecular weight excluding hydrogens is 627 g/mol. The number of hydrogen-bond donors (Lipinski definition) is 0. The smallest absolute Gasteiger partial charge is 0.503 e. The molecule has 0 bridgehead atoms. The molecule has 3 aromatic heterocycles. The molecule has 0 aliphatic heterocycles. The van der Waals surface area contributed by atoms with Crippen LogP contribution in [0.5, 0.6) is 11.5 Å². The summed E-state index contributed by atoms with van der Waals surface area (Å²) < 4.78 is 10.1. The van der Waals surface area contributed by atoms with Crippen LogP contribution in [0, 0.1) is 12.1 Å². The molecule has 174 valence electrons. The maximum atomic E-state index is 6.19. The Morgan fingerprint density at radius 3 is 2.42 bits per heavy atom. The van der Waals surface area contributed by atoms with Crippen molar-refractivity contribution in [1.29, 1.82) is 0 Å². The van der Waals surface area contributed by atoms with Gasteiger partial charge in [0.1, 0.15) is 0 Å². The summed E-state index contributed by atoms with van der Waals surface area (Å²) in [5, 5.41) is 7.41. The Labute approximate surface area is 221 Å². The molecule has 0 unspecified atom stereocenters. The first-order chi connectivity index (χ1) is 17.3. The minimum Gasteiger partial charge on any atom is -0.503 e. The van der Waals surface area contributed by atoms with Crippen LogP contribution in [-0.4, -0.2) is 19.2 Å². The fraction of sp³-hybridized carbons (Fsp3) is 0. The summed E-state index contributed by atoms with van der Waals surface area (Å²) in [7, 11) is 0. The topological polar surface area (TPSA) is 44.4 Å². The molecule has 36 heavy (non-hydrogen) atoms. The monoisotopic (exact) mass is 645 g/mol. The molecule has 5 nitrogen and oxygen atoms in total. The van der Waals surface area contributed by atoms with Gasteiger partial charge in [-0.2, -0.15) is 11.2 Å². The van der Waals surface area contributed by atoms with E-state index in [4.69, 9.17) is 9.72 Å². The number of pyridine rings is 1. The molecule has 0 atom stereocenters. The number of nitrogens with zero attached hydrogens (tertiary/aromatic N) is 4. The van der Waals surface area contributed by atoms with Gasteiger partial charge in [0, 0.05) is 41.2 Å². The molecule has 0 aliphatic carbocycles.